The molecule has 3 aromatic heterocycles. The molecule has 0 radical (unpaired) electrons. The number of nitrogens with one attached hydrogen (secondary N) is 1. The summed E-state index contributed by atoms with van der Waals surface area (Å²) < 4.78 is 29.3. The van der Waals surface area contributed by atoms with Crippen LogP contribution in [-0.4, -0.2) is 50.0 Å². The molecule has 154 valence electrons. The average molecular weight is 432 g/mol. The maximum absolute atomic E-state index is 14.3. The summed E-state index contributed by atoms with van der Waals surface area (Å²) >= 11 is 5.96. The number of rotatable bonds is 6. The molecule has 0 atom stereocenters. The number of pyridine rings is 1. The Morgan fingerprint density at radius 1 is 1.17 bits per heavy atom. The van der Waals surface area contributed by atoms with E-state index in [4.69, 9.17) is 16.7 Å². The fourth-order valence-electron chi connectivity index (χ4n) is 2.90. The number of nitrogens with zero attached hydrogens (tertiary/aromatic N) is 6. The largest absolute Gasteiger partial charge is 0.395 e. The van der Waals surface area contributed by atoms with Gasteiger partial charge in [0.2, 0.25) is 0 Å². The molecular formula is C19H16ClF2N7O. The van der Waals surface area contributed by atoms with Crippen LogP contribution in [0.25, 0.3) is 16.6 Å². The first-order valence-corrected chi connectivity index (χ1v) is 9.25. The molecule has 0 bridgehead atoms. The molecule has 0 amide bonds. The van der Waals surface area contributed by atoms with Gasteiger partial charge in [-0.1, -0.05) is 11.6 Å². The third-order valence-electron chi connectivity index (χ3n) is 4.41. The Morgan fingerprint density at radius 3 is 2.77 bits per heavy atom. The van der Waals surface area contributed by atoms with Gasteiger partial charge in [-0.25, -0.2) is 28.4 Å². The van der Waals surface area contributed by atoms with Crippen molar-refractivity contribution in [3.63, 3.8) is 0 Å². The Hall–Kier alpha value is -3.37. The highest BCUT2D eigenvalue weighted by atomic mass is 35.5. The second kappa shape index (κ2) is 8.17. The number of anilines is 3. The second-order valence-electron chi connectivity index (χ2n) is 6.39. The molecule has 0 saturated heterocycles. The summed E-state index contributed by atoms with van der Waals surface area (Å²) in [5.41, 5.74) is 0.313. The summed E-state index contributed by atoms with van der Waals surface area (Å²) in [7, 11) is 1.79. The van der Waals surface area contributed by atoms with Gasteiger partial charge >= 0.3 is 0 Å². The minimum absolute atomic E-state index is 0.0114. The van der Waals surface area contributed by atoms with Crippen molar-refractivity contribution in [1.29, 1.82) is 0 Å². The van der Waals surface area contributed by atoms with Gasteiger partial charge in [-0.2, -0.15) is 5.10 Å². The van der Waals surface area contributed by atoms with E-state index in [1.54, 1.807) is 24.1 Å². The minimum atomic E-state index is -0.746. The van der Waals surface area contributed by atoms with Crippen molar-refractivity contribution in [2.24, 2.45) is 0 Å². The molecule has 0 unspecified atom stereocenters. The lowest BCUT2D eigenvalue weighted by Crippen LogP contribution is -2.22. The van der Waals surface area contributed by atoms with Crippen LogP contribution in [-0.2, 0) is 0 Å². The van der Waals surface area contributed by atoms with Gasteiger partial charge < -0.3 is 15.3 Å². The zero-order valence-electron chi connectivity index (χ0n) is 15.7. The van der Waals surface area contributed by atoms with Crippen LogP contribution in [0.4, 0.5) is 26.2 Å². The van der Waals surface area contributed by atoms with Crippen molar-refractivity contribution in [1.82, 2.24) is 24.7 Å². The van der Waals surface area contributed by atoms with Gasteiger partial charge in [0.15, 0.2) is 5.82 Å². The van der Waals surface area contributed by atoms with Crippen LogP contribution in [0.5, 0.6) is 0 Å². The summed E-state index contributed by atoms with van der Waals surface area (Å²) in [4.78, 5) is 14.4. The quantitative estimate of drug-likeness (QED) is 0.452. The topological polar surface area (TPSA) is 92.0 Å². The van der Waals surface area contributed by atoms with E-state index in [2.05, 4.69) is 25.4 Å². The molecule has 4 aromatic rings. The van der Waals surface area contributed by atoms with Crippen LogP contribution >= 0.6 is 11.6 Å². The summed E-state index contributed by atoms with van der Waals surface area (Å²) in [6.45, 7) is 0.402. The van der Waals surface area contributed by atoms with Crippen LogP contribution in [0.3, 0.4) is 0 Å². The van der Waals surface area contributed by atoms with Gasteiger partial charge in [0.1, 0.15) is 40.3 Å². The third-order valence-corrected chi connectivity index (χ3v) is 4.77. The Kier molecular flexibility index (Phi) is 5.42. The van der Waals surface area contributed by atoms with E-state index in [0.29, 0.717) is 34.9 Å². The van der Waals surface area contributed by atoms with Crippen LogP contribution in [0.2, 0.25) is 5.02 Å². The third kappa shape index (κ3) is 3.74. The smallest absolute Gasteiger partial charge is 0.150 e. The summed E-state index contributed by atoms with van der Waals surface area (Å²) in [6.07, 6.45) is 4.43. The van der Waals surface area contributed by atoms with Crippen LogP contribution in [0, 0.1) is 11.6 Å². The first-order valence-electron chi connectivity index (χ1n) is 8.87. The normalized spacial score (nSPS) is 11.1. The van der Waals surface area contributed by atoms with E-state index in [0.717, 1.165) is 12.1 Å². The van der Waals surface area contributed by atoms with E-state index >= 15 is 0 Å². The number of aliphatic hydroxyl groups is 1. The SMILES string of the molecule is CN(CCO)c1cc(Nc2nccc3nn(-c4c(F)ccc(F)c4Cl)cc23)ncn1. The highest BCUT2D eigenvalue weighted by molar-refractivity contribution is 6.32. The van der Waals surface area contributed by atoms with Crippen molar-refractivity contribution in [3.05, 3.63) is 59.6 Å². The molecule has 0 aliphatic rings. The van der Waals surface area contributed by atoms with Crippen molar-refractivity contribution >= 4 is 40.0 Å². The molecule has 3 heterocycles. The Balaban J connectivity index is 1.72. The number of aliphatic hydroxyl groups excluding tert-OH is 1. The summed E-state index contributed by atoms with van der Waals surface area (Å²) in [5, 5.41) is 16.7. The van der Waals surface area contributed by atoms with E-state index in [9.17, 15) is 8.78 Å². The second-order valence-corrected chi connectivity index (χ2v) is 6.77. The molecule has 0 fully saturated rings. The fraction of sp³-hybridized carbons (Fsp3) is 0.158. The van der Waals surface area contributed by atoms with Crippen LogP contribution in [0.1, 0.15) is 0 Å². The van der Waals surface area contributed by atoms with E-state index in [-0.39, 0.29) is 17.3 Å². The fourth-order valence-corrected chi connectivity index (χ4v) is 3.14. The Labute approximate surface area is 174 Å². The minimum Gasteiger partial charge on any atom is -0.395 e. The van der Waals surface area contributed by atoms with Gasteiger partial charge in [-0.05, 0) is 18.2 Å². The van der Waals surface area contributed by atoms with E-state index in [1.165, 1.54) is 23.4 Å². The molecule has 0 aliphatic heterocycles. The molecule has 30 heavy (non-hydrogen) atoms. The standard InChI is InChI=1S/C19H16ClF2N7O/c1-28(6-7-30)16-8-15(24-10-25-16)26-19-11-9-29(27-14(11)4-5-23-19)18-13(22)3-2-12(21)17(18)20/h2-5,8-10,30H,6-7H2,1H3,(H,23,24,25,26). The summed E-state index contributed by atoms with van der Waals surface area (Å²) in [5.74, 6) is 0.0420. The number of hydrogen-bond donors (Lipinski definition) is 2. The number of benzene rings is 1. The Morgan fingerprint density at radius 2 is 1.97 bits per heavy atom. The van der Waals surface area contributed by atoms with E-state index < -0.39 is 11.6 Å². The molecule has 0 saturated carbocycles. The predicted molar refractivity (Wildman–Crippen MR) is 109 cm³/mol. The maximum Gasteiger partial charge on any atom is 0.150 e. The van der Waals surface area contributed by atoms with Crippen LogP contribution in [0.15, 0.2) is 43.0 Å². The van der Waals surface area contributed by atoms with Crippen molar-refractivity contribution in [3.8, 4) is 5.69 Å². The first kappa shape index (κ1) is 19.9. The zero-order chi connectivity index (χ0) is 21.3. The molecule has 1 aromatic carbocycles. The monoisotopic (exact) mass is 431 g/mol. The number of aromatic nitrogens is 5. The van der Waals surface area contributed by atoms with Crippen LogP contribution < -0.4 is 10.2 Å². The Bertz CT molecular complexity index is 1220. The average Bonchev–Trinajstić information content (AvgIpc) is 3.16. The number of hydrogen-bond acceptors (Lipinski definition) is 7. The van der Waals surface area contributed by atoms with Crippen molar-refractivity contribution < 1.29 is 13.9 Å². The predicted octanol–water partition coefficient (Wildman–Crippen LogP) is 3.31. The lowest BCUT2D eigenvalue weighted by molar-refractivity contribution is 0.304. The molecule has 0 aliphatic carbocycles. The first-order chi connectivity index (χ1) is 14.5. The molecule has 8 nitrogen and oxygen atoms in total. The van der Waals surface area contributed by atoms with Gasteiger partial charge in [0.25, 0.3) is 0 Å². The lowest BCUT2D eigenvalue weighted by atomic mass is 10.3. The highest BCUT2D eigenvalue weighted by Gasteiger charge is 2.17. The van der Waals surface area contributed by atoms with Gasteiger partial charge in [0.05, 0.1) is 17.5 Å². The molecule has 0 spiro atoms. The molecular weight excluding hydrogens is 416 g/mol. The number of fused-ring (bicyclic) bond motifs is 1. The number of likely N-dealkylation sites (N-methyl/N-ethyl adjacent to an activating group) is 1. The van der Waals surface area contributed by atoms with Gasteiger partial charge in [-0.15, -0.1) is 0 Å². The van der Waals surface area contributed by atoms with Gasteiger partial charge in [-0.3, -0.25) is 0 Å². The van der Waals surface area contributed by atoms with E-state index in [1.807, 2.05) is 0 Å². The summed E-state index contributed by atoms with van der Waals surface area (Å²) in [6, 6.07) is 5.29. The number of halogens is 3. The highest BCUT2D eigenvalue weighted by Crippen LogP contribution is 2.30. The molecule has 2 N–H and O–H groups in total. The molecule has 11 heteroatoms. The zero-order valence-corrected chi connectivity index (χ0v) is 16.5. The maximum atomic E-state index is 14.3. The lowest BCUT2D eigenvalue weighted by Gasteiger charge is -2.17. The van der Waals surface area contributed by atoms with Crippen molar-refractivity contribution in [2.75, 3.05) is 30.4 Å². The van der Waals surface area contributed by atoms with Crippen molar-refractivity contribution in [2.45, 2.75) is 0 Å². The molecule has 4 rings (SSSR count). The van der Waals surface area contributed by atoms with Gasteiger partial charge in [0, 0.05) is 32.1 Å².